The van der Waals surface area contributed by atoms with Crippen molar-refractivity contribution in [3.05, 3.63) is 69.2 Å². The number of fused-ring (bicyclic) bond motifs is 7. The number of aryl methyl sites for hydroxylation is 2. The Labute approximate surface area is 539 Å². The summed E-state index contributed by atoms with van der Waals surface area (Å²) in [5.41, 5.74) is 36.7. The number of aliphatic hydroxyl groups excluding tert-OH is 2. The molecule has 2 fully saturated rings. The van der Waals surface area contributed by atoms with E-state index in [2.05, 4.69) is 10.3 Å². The average molecular weight is 1330 g/mol. The van der Waals surface area contributed by atoms with Crippen LogP contribution in [0.5, 0.6) is 0 Å². The topological polar surface area (TPSA) is 465 Å². The SMILES string of the molecule is C/C1=C2/[N-][C@H]([C@H](CC(N)=O)[C@@]2(C)CCC(=O)NC[C@@H](C)OP(=O)([O-])O[C@H]2[C@@H](O)[C@@H](n3cnc4cc(C)c(C)cc43)O[C@@H]2CO)[C@]2(C)N=C(/C(C)=C3N=C(/C=C4N=C1[C@@H](CCC(N)=O)C\4(C)C)[C@@H](CCC(N)=O)[C@]\3(C)CC(N)=O)[C@@H](CCC(N)=O)[C@]2(C)CC(N)=O.[Co+2]. The summed E-state index contributed by atoms with van der Waals surface area (Å²) >= 11 is 0. The Morgan fingerprint density at radius 3 is 1.97 bits per heavy atom. The van der Waals surface area contributed by atoms with Crippen molar-refractivity contribution in [2.24, 2.45) is 94.7 Å². The Hall–Kier alpha value is -6.49. The third-order valence-electron chi connectivity index (χ3n) is 20.5. The molecule has 499 valence electrons. The summed E-state index contributed by atoms with van der Waals surface area (Å²) in [5, 5.41) is 30.1. The minimum absolute atomic E-state index is 0. The van der Waals surface area contributed by atoms with E-state index in [-0.39, 0.29) is 94.0 Å². The maximum Gasteiger partial charge on any atom is 2.00 e. The quantitative estimate of drug-likeness (QED) is 0.0610. The van der Waals surface area contributed by atoms with Gasteiger partial charge in [-0.2, -0.15) is 5.70 Å². The molecule has 1 unspecified atom stereocenters. The van der Waals surface area contributed by atoms with E-state index in [1.807, 2.05) is 80.5 Å². The number of primary amides is 6. The van der Waals surface area contributed by atoms with Gasteiger partial charge < -0.3 is 78.5 Å². The molecule has 91 heavy (non-hydrogen) atoms. The summed E-state index contributed by atoms with van der Waals surface area (Å²) in [6, 6.07) is 2.65. The van der Waals surface area contributed by atoms with Gasteiger partial charge in [-0.25, -0.2) is 4.98 Å². The van der Waals surface area contributed by atoms with Gasteiger partial charge in [0.15, 0.2) is 6.23 Å². The van der Waals surface area contributed by atoms with Crippen LogP contribution < -0.4 is 44.6 Å². The van der Waals surface area contributed by atoms with E-state index in [0.29, 0.717) is 56.4 Å². The van der Waals surface area contributed by atoms with Crippen LogP contribution in [-0.4, -0.2) is 127 Å². The molecule has 0 saturated carbocycles. The number of aromatic nitrogens is 2. The Balaban J connectivity index is 0.0000118. The van der Waals surface area contributed by atoms with Crippen LogP contribution in [-0.2, 0) is 68.7 Å². The number of phosphoric acid groups is 1. The van der Waals surface area contributed by atoms with Crippen molar-refractivity contribution in [2.45, 2.75) is 189 Å². The van der Waals surface area contributed by atoms with Crippen LogP contribution in [0.1, 0.15) is 150 Å². The number of hydrogen-bond donors (Lipinski definition) is 9. The molecule has 1 aromatic carbocycles. The van der Waals surface area contributed by atoms with Gasteiger partial charge in [0.25, 0.3) is 7.82 Å². The van der Waals surface area contributed by atoms with Crippen LogP contribution in [0, 0.1) is 59.2 Å². The van der Waals surface area contributed by atoms with Gasteiger partial charge >= 0.3 is 16.8 Å². The molecule has 8 bridgehead atoms. The second-order valence-electron chi connectivity index (χ2n) is 27.0. The first-order chi connectivity index (χ1) is 41.8. The van der Waals surface area contributed by atoms with Gasteiger partial charge in [-0.1, -0.05) is 40.7 Å². The fraction of sp³-hybridized carbons (Fsp3) is 0.629. The van der Waals surface area contributed by atoms with E-state index in [1.165, 1.54) is 17.8 Å². The number of nitrogens with two attached hydrogens (primary N) is 6. The van der Waals surface area contributed by atoms with Crippen LogP contribution >= 0.6 is 7.82 Å². The summed E-state index contributed by atoms with van der Waals surface area (Å²) in [4.78, 5) is 128. The molecule has 7 heterocycles. The summed E-state index contributed by atoms with van der Waals surface area (Å²) in [6.45, 7) is 19.0. The van der Waals surface area contributed by atoms with E-state index in [4.69, 9.17) is 68.5 Å². The number of carbonyl (C=O) groups is 7. The number of nitrogens with zero attached hydrogens (tertiary/aromatic N) is 6. The summed E-state index contributed by atoms with van der Waals surface area (Å²) < 4.78 is 31.9. The zero-order valence-electron chi connectivity index (χ0n) is 53.5. The number of hydrogen-bond acceptors (Lipinski definition) is 18. The van der Waals surface area contributed by atoms with Gasteiger partial charge in [-0.15, -0.1) is 0 Å². The number of ether oxygens (including phenoxy) is 1. The van der Waals surface area contributed by atoms with Crippen molar-refractivity contribution in [3.63, 3.8) is 0 Å². The van der Waals surface area contributed by atoms with Crippen molar-refractivity contribution in [1.29, 1.82) is 0 Å². The van der Waals surface area contributed by atoms with Crippen LogP contribution in [0.2, 0.25) is 0 Å². The molecule has 29 heteroatoms. The Bertz CT molecular complexity index is 3540. The van der Waals surface area contributed by atoms with Crippen LogP contribution in [0.3, 0.4) is 0 Å². The van der Waals surface area contributed by atoms with Gasteiger partial charge in [0.05, 0.1) is 41.3 Å². The molecular weight excluding hydrogens is 1240 g/mol. The number of nitrogens with one attached hydrogen (secondary N) is 1. The smallest absolute Gasteiger partial charge is 0.756 e. The molecule has 6 aliphatic heterocycles. The Kier molecular flexibility index (Phi) is 21.2. The molecule has 7 amide bonds. The minimum Gasteiger partial charge on any atom is -0.756 e. The maximum atomic E-state index is 14.4. The normalized spacial score (nSPS) is 33.8. The monoisotopic (exact) mass is 1330 g/mol. The zero-order valence-corrected chi connectivity index (χ0v) is 55.4. The fourth-order valence-electron chi connectivity index (χ4n) is 15.3. The number of rotatable bonds is 26. The summed E-state index contributed by atoms with van der Waals surface area (Å²) in [5.74, 6) is -7.40. The van der Waals surface area contributed by atoms with Crippen LogP contribution in [0.25, 0.3) is 16.4 Å². The molecule has 15 atom stereocenters. The fourth-order valence-corrected chi connectivity index (χ4v) is 16.4. The third-order valence-corrected chi connectivity index (χ3v) is 21.6. The third kappa shape index (κ3) is 13.8. The van der Waals surface area contributed by atoms with Crippen molar-refractivity contribution in [3.8, 4) is 0 Å². The number of carbonyl (C=O) groups excluding carboxylic acids is 7. The van der Waals surface area contributed by atoms with Gasteiger partial charge in [0.2, 0.25) is 41.4 Å². The number of aliphatic imine (C=N–C) groups is 3. The molecule has 8 rings (SSSR count). The minimum atomic E-state index is -5.32. The number of benzene rings is 1. The van der Waals surface area contributed by atoms with Crippen LogP contribution in [0.15, 0.2) is 67.8 Å². The van der Waals surface area contributed by atoms with E-state index >= 15 is 0 Å². The molecule has 2 saturated heterocycles. The van der Waals surface area contributed by atoms with Gasteiger partial charge in [0, 0.05) is 108 Å². The molecule has 27 nitrogen and oxygen atoms in total. The van der Waals surface area contributed by atoms with Crippen molar-refractivity contribution < 1.29 is 83.8 Å². The Morgan fingerprint density at radius 1 is 0.791 bits per heavy atom. The number of imidazole rings is 1. The predicted octanol–water partition coefficient (Wildman–Crippen LogP) is 3.31. The Morgan fingerprint density at radius 2 is 1.38 bits per heavy atom. The van der Waals surface area contributed by atoms with Crippen molar-refractivity contribution in [1.82, 2.24) is 14.9 Å². The molecule has 0 aliphatic carbocycles. The predicted molar refractivity (Wildman–Crippen MR) is 332 cm³/mol. The standard InChI is InChI=1S/C62H90N13O14P.Co/c1-29-20-39-40(21-30(29)2)75(28-70-39)57-52(84)53(41(27-76)87-57)89-90(85,86)88-31(3)26-69-49(83)18-19-59(8)37(22-46(66)80)56-62(11)61(10,25-48(68)82)36(14-17-45(65)79)51(74-62)33(5)55-60(9,24-47(67)81)34(12-15-43(63)77)38(71-55)23-42-58(6,7)35(13-16-44(64)78)50(72-42)32(4)54(59)73-56;/h20-21,23,28,31,34-37,41,52-53,56-57,76,84H,12-19,22,24-27H2,1-11H3,(H15,63,64,65,66,67,68,69,71,72,73,74,77,78,79,80,81,82,83,85,86);/q;+2/p-2/t31-,34-,35-,36-,37+,41-,52-,53-,56-,57+,59-,60+,61+,62+;/m1./s1. The van der Waals surface area contributed by atoms with Gasteiger partial charge in [-0.3, -0.25) is 53.1 Å². The number of allylic oxidation sites excluding steroid dienone is 6. The van der Waals surface area contributed by atoms with Gasteiger partial charge in [-0.05, 0) is 119 Å². The second kappa shape index (κ2) is 26.8. The zero-order chi connectivity index (χ0) is 66.7. The average Bonchev–Trinajstić information content (AvgIpc) is 1.53. The second-order valence-corrected chi connectivity index (χ2v) is 28.3. The van der Waals surface area contributed by atoms with Crippen LogP contribution in [0.4, 0.5) is 0 Å². The molecule has 15 N–H and O–H groups in total. The van der Waals surface area contributed by atoms with E-state index in [1.54, 1.807) is 6.92 Å². The van der Waals surface area contributed by atoms with E-state index < -0.39 is 143 Å². The molecule has 6 aliphatic rings. The molecular formula is C62H88CoN13O14P. The summed E-state index contributed by atoms with van der Waals surface area (Å²) in [6.07, 6.45) is -4.79. The molecule has 2 aromatic rings. The van der Waals surface area contributed by atoms with Crippen molar-refractivity contribution >= 4 is 77.3 Å². The largest absolute Gasteiger partial charge is 2.00 e. The molecule has 1 radical (unpaired) electrons. The first-order valence-corrected chi connectivity index (χ1v) is 32.0. The number of phosphoric ester groups is 1. The van der Waals surface area contributed by atoms with E-state index in [0.717, 1.165) is 11.1 Å². The molecule has 0 spiro atoms. The maximum absolute atomic E-state index is 14.4. The first kappa shape index (κ1) is 71.9. The van der Waals surface area contributed by atoms with E-state index in [9.17, 15) is 53.2 Å². The van der Waals surface area contributed by atoms with Gasteiger partial charge in [0.1, 0.15) is 18.3 Å². The first-order valence-electron chi connectivity index (χ1n) is 30.5. The summed E-state index contributed by atoms with van der Waals surface area (Å²) in [7, 11) is -5.32. The molecule has 1 aromatic heterocycles. The number of amides is 7. The van der Waals surface area contributed by atoms with Crippen molar-refractivity contribution in [2.75, 3.05) is 13.2 Å². The number of aliphatic hydroxyl groups is 2.